The van der Waals surface area contributed by atoms with Crippen LogP contribution in [0, 0.1) is 0 Å². The molecule has 0 radical (unpaired) electrons. The van der Waals surface area contributed by atoms with Crippen LogP contribution in [0.2, 0.25) is 10.0 Å². The summed E-state index contributed by atoms with van der Waals surface area (Å²) in [5.41, 5.74) is 1.67. The van der Waals surface area contributed by atoms with Gasteiger partial charge < -0.3 is 16.0 Å². The van der Waals surface area contributed by atoms with Crippen molar-refractivity contribution < 1.29 is 9.59 Å². The Hall–Kier alpha value is -3.09. The number of anilines is 2. The molecule has 0 spiro atoms. The number of hydrogen-bond acceptors (Lipinski definition) is 4. The van der Waals surface area contributed by atoms with E-state index in [1.54, 1.807) is 54.6 Å². The lowest BCUT2D eigenvalue weighted by Crippen LogP contribution is -2.28. The molecule has 0 aliphatic rings. The summed E-state index contributed by atoms with van der Waals surface area (Å²) in [4.78, 5) is 28.5. The van der Waals surface area contributed by atoms with Crippen molar-refractivity contribution >= 4 is 46.5 Å². The van der Waals surface area contributed by atoms with E-state index < -0.39 is 0 Å². The normalized spacial score (nSPS) is 10.3. The number of benzene rings is 2. The lowest BCUT2D eigenvalue weighted by molar-refractivity contribution is 0.0954. The molecule has 0 aliphatic heterocycles. The van der Waals surface area contributed by atoms with E-state index in [2.05, 4.69) is 20.9 Å². The quantitative estimate of drug-likeness (QED) is 0.484. The highest BCUT2D eigenvalue weighted by Gasteiger charge is 2.08. The fourth-order valence-electron chi connectivity index (χ4n) is 2.50. The molecule has 29 heavy (non-hydrogen) atoms. The number of carbonyl (C=O) groups is 2. The first kappa shape index (κ1) is 20.6. The van der Waals surface area contributed by atoms with Crippen LogP contribution in [0.15, 0.2) is 66.9 Å². The Labute approximate surface area is 178 Å². The van der Waals surface area contributed by atoms with Gasteiger partial charge in [-0.25, -0.2) is 4.98 Å². The third-order valence-electron chi connectivity index (χ3n) is 3.95. The molecule has 0 atom stereocenters. The van der Waals surface area contributed by atoms with E-state index in [1.807, 2.05) is 6.07 Å². The van der Waals surface area contributed by atoms with Crippen molar-refractivity contribution in [2.24, 2.45) is 0 Å². The van der Waals surface area contributed by atoms with Gasteiger partial charge in [0.15, 0.2) is 0 Å². The third kappa shape index (κ3) is 5.94. The molecule has 0 aliphatic carbocycles. The van der Waals surface area contributed by atoms with Gasteiger partial charge in [-0.2, -0.15) is 0 Å². The lowest BCUT2D eigenvalue weighted by Gasteiger charge is -2.09. The Kier molecular flexibility index (Phi) is 7.05. The summed E-state index contributed by atoms with van der Waals surface area (Å²) in [6, 6.07) is 17.2. The maximum atomic E-state index is 12.2. The molecule has 3 N–H and O–H groups in total. The van der Waals surface area contributed by atoms with Gasteiger partial charge in [0, 0.05) is 36.1 Å². The Balaban J connectivity index is 1.47. The highest BCUT2D eigenvalue weighted by molar-refractivity contribution is 6.35. The predicted molar refractivity (Wildman–Crippen MR) is 116 cm³/mol. The fraction of sp³-hybridized carbons (Fsp3) is 0.0952. The molecule has 0 fully saturated rings. The number of carbonyl (C=O) groups excluding carboxylic acids is 2. The molecule has 0 saturated carbocycles. The standard InChI is InChI=1S/C21H18Cl2N4O2/c22-16-12-18(23)19(26-13-16)24-10-11-25-20(28)15-6-8-17(9-7-15)27-21(29)14-4-2-1-3-5-14/h1-9,12-13H,10-11H2,(H,24,26)(H,25,28)(H,27,29). The SMILES string of the molecule is O=C(NCCNc1ncc(Cl)cc1Cl)c1ccc(NC(=O)c2ccccc2)cc1. The monoisotopic (exact) mass is 428 g/mol. The summed E-state index contributed by atoms with van der Waals surface area (Å²) in [7, 11) is 0. The second kappa shape index (κ2) is 9.91. The third-order valence-corrected chi connectivity index (χ3v) is 4.45. The van der Waals surface area contributed by atoms with Crippen LogP contribution < -0.4 is 16.0 Å². The molecule has 0 unspecified atom stereocenters. The van der Waals surface area contributed by atoms with Crippen LogP contribution in [0.25, 0.3) is 0 Å². The second-order valence-corrected chi connectivity index (χ2v) is 6.91. The van der Waals surface area contributed by atoms with Crippen LogP contribution in [-0.4, -0.2) is 29.9 Å². The van der Waals surface area contributed by atoms with E-state index >= 15 is 0 Å². The topological polar surface area (TPSA) is 83.1 Å². The van der Waals surface area contributed by atoms with Crippen LogP contribution in [0.4, 0.5) is 11.5 Å². The summed E-state index contributed by atoms with van der Waals surface area (Å²) in [6.07, 6.45) is 1.49. The van der Waals surface area contributed by atoms with Gasteiger partial charge in [-0.3, -0.25) is 9.59 Å². The summed E-state index contributed by atoms with van der Waals surface area (Å²) in [5, 5.41) is 9.49. The fourth-order valence-corrected chi connectivity index (χ4v) is 2.95. The van der Waals surface area contributed by atoms with E-state index in [0.29, 0.717) is 45.8 Å². The zero-order chi connectivity index (χ0) is 20.6. The minimum absolute atomic E-state index is 0.205. The van der Waals surface area contributed by atoms with Crippen LogP contribution in [-0.2, 0) is 0 Å². The maximum Gasteiger partial charge on any atom is 0.255 e. The molecule has 8 heteroatoms. The highest BCUT2D eigenvalue weighted by Crippen LogP contribution is 2.22. The van der Waals surface area contributed by atoms with Gasteiger partial charge in [0.2, 0.25) is 0 Å². The molecule has 3 rings (SSSR count). The van der Waals surface area contributed by atoms with Crippen LogP contribution in [0.3, 0.4) is 0 Å². The summed E-state index contributed by atoms with van der Waals surface area (Å²) in [6.45, 7) is 0.831. The van der Waals surface area contributed by atoms with E-state index in [9.17, 15) is 9.59 Å². The molecule has 0 saturated heterocycles. The van der Waals surface area contributed by atoms with Crippen LogP contribution in [0.5, 0.6) is 0 Å². The van der Waals surface area contributed by atoms with Crippen LogP contribution >= 0.6 is 23.2 Å². The molecule has 2 aromatic carbocycles. The Morgan fingerprint density at radius 1 is 0.862 bits per heavy atom. The van der Waals surface area contributed by atoms with Gasteiger partial charge in [-0.05, 0) is 42.5 Å². The number of hydrogen-bond donors (Lipinski definition) is 3. The molecule has 1 aromatic heterocycles. The number of amides is 2. The van der Waals surface area contributed by atoms with Crippen LogP contribution in [0.1, 0.15) is 20.7 Å². The molecule has 3 aromatic rings. The van der Waals surface area contributed by atoms with Gasteiger partial charge in [0.25, 0.3) is 11.8 Å². The highest BCUT2D eigenvalue weighted by atomic mass is 35.5. The van der Waals surface area contributed by atoms with E-state index in [-0.39, 0.29) is 11.8 Å². The largest absolute Gasteiger partial charge is 0.367 e. The number of nitrogens with zero attached hydrogens (tertiary/aromatic N) is 1. The zero-order valence-corrected chi connectivity index (χ0v) is 16.8. The van der Waals surface area contributed by atoms with Gasteiger partial charge in [0.05, 0.1) is 10.0 Å². The van der Waals surface area contributed by atoms with Crippen molar-refractivity contribution in [3.63, 3.8) is 0 Å². The van der Waals surface area contributed by atoms with E-state index in [4.69, 9.17) is 23.2 Å². The summed E-state index contributed by atoms with van der Waals surface area (Å²) < 4.78 is 0. The van der Waals surface area contributed by atoms with Crippen molar-refractivity contribution in [1.82, 2.24) is 10.3 Å². The summed E-state index contributed by atoms with van der Waals surface area (Å²) in [5.74, 6) is 0.0788. The van der Waals surface area contributed by atoms with Gasteiger partial charge in [-0.15, -0.1) is 0 Å². The average Bonchev–Trinajstić information content (AvgIpc) is 2.73. The summed E-state index contributed by atoms with van der Waals surface area (Å²) >= 11 is 11.8. The van der Waals surface area contributed by atoms with E-state index in [0.717, 1.165) is 0 Å². The number of nitrogens with one attached hydrogen (secondary N) is 3. The molecular weight excluding hydrogens is 411 g/mol. The first-order valence-corrected chi connectivity index (χ1v) is 9.58. The molecule has 2 amide bonds. The second-order valence-electron chi connectivity index (χ2n) is 6.06. The minimum Gasteiger partial charge on any atom is -0.367 e. The smallest absolute Gasteiger partial charge is 0.255 e. The molecule has 1 heterocycles. The van der Waals surface area contributed by atoms with E-state index in [1.165, 1.54) is 6.20 Å². The minimum atomic E-state index is -0.220. The van der Waals surface area contributed by atoms with Gasteiger partial charge in [-0.1, -0.05) is 41.4 Å². The first-order valence-electron chi connectivity index (χ1n) is 8.82. The van der Waals surface area contributed by atoms with Gasteiger partial charge in [0.1, 0.15) is 5.82 Å². The maximum absolute atomic E-state index is 12.2. The zero-order valence-electron chi connectivity index (χ0n) is 15.3. The molecule has 6 nitrogen and oxygen atoms in total. The number of aromatic nitrogens is 1. The Morgan fingerprint density at radius 2 is 1.55 bits per heavy atom. The molecule has 0 bridgehead atoms. The van der Waals surface area contributed by atoms with Crippen molar-refractivity contribution in [2.75, 3.05) is 23.7 Å². The van der Waals surface area contributed by atoms with Crippen molar-refractivity contribution in [1.29, 1.82) is 0 Å². The first-order chi connectivity index (χ1) is 14.0. The predicted octanol–water partition coefficient (Wildman–Crippen LogP) is 4.48. The average molecular weight is 429 g/mol. The lowest BCUT2D eigenvalue weighted by atomic mass is 10.1. The van der Waals surface area contributed by atoms with Gasteiger partial charge >= 0.3 is 0 Å². The molecule has 148 valence electrons. The number of rotatable bonds is 7. The molecular formula is C21H18Cl2N4O2. The van der Waals surface area contributed by atoms with Crippen molar-refractivity contribution in [3.8, 4) is 0 Å². The Morgan fingerprint density at radius 3 is 2.24 bits per heavy atom. The number of halogens is 2. The van der Waals surface area contributed by atoms with Crippen molar-refractivity contribution in [2.45, 2.75) is 0 Å². The number of pyridine rings is 1. The Bertz CT molecular complexity index is 995. The van der Waals surface area contributed by atoms with Crippen molar-refractivity contribution in [3.05, 3.63) is 88.0 Å².